The highest BCUT2D eigenvalue weighted by molar-refractivity contribution is 9.10. The third-order valence-corrected chi connectivity index (χ3v) is 3.99. The molecule has 0 saturated heterocycles. The molecule has 2 N–H and O–H groups in total. The van der Waals surface area contributed by atoms with E-state index >= 15 is 0 Å². The van der Waals surface area contributed by atoms with Crippen LogP contribution < -0.4 is 15.5 Å². The Bertz CT molecular complexity index is 825. The lowest BCUT2D eigenvalue weighted by atomic mass is 10.2. The molecule has 0 radical (unpaired) electrons. The Morgan fingerprint density at radius 1 is 1.15 bits per heavy atom. The minimum Gasteiger partial charge on any atom is -0.493 e. The number of hydrazone groups is 1. The van der Waals surface area contributed by atoms with Gasteiger partial charge < -0.3 is 10.1 Å². The topological polar surface area (TPSA) is 79.8 Å². The number of halogens is 2. The maximum absolute atomic E-state index is 12.8. The lowest BCUT2D eigenvalue weighted by Crippen LogP contribution is -2.20. The summed E-state index contributed by atoms with van der Waals surface area (Å²) in [4.78, 5) is 23.5. The van der Waals surface area contributed by atoms with Crippen molar-refractivity contribution in [3.05, 3.63) is 58.3 Å². The third-order valence-electron chi connectivity index (χ3n) is 3.37. The summed E-state index contributed by atoms with van der Waals surface area (Å²) in [6.07, 6.45) is 1.47. The van der Waals surface area contributed by atoms with Crippen molar-refractivity contribution in [1.29, 1.82) is 0 Å². The molecule has 2 rings (SSSR count). The molecule has 0 unspecified atom stereocenters. The number of benzene rings is 2. The highest BCUT2D eigenvalue weighted by atomic mass is 79.9. The van der Waals surface area contributed by atoms with Crippen LogP contribution in [0, 0.1) is 5.82 Å². The molecule has 2 aromatic carbocycles. The quantitative estimate of drug-likeness (QED) is 0.487. The van der Waals surface area contributed by atoms with Gasteiger partial charge in [-0.05, 0) is 70.9 Å². The molecule has 0 aliphatic heterocycles. The minimum absolute atomic E-state index is 0.00662. The molecular weight excluding hydrogens is 417 g/mol. The van der Waals surface area contributed by atoms with Crippen molar-refractivity contribution in [2.24, 2.45) is 5.10 Å². The second-order valence-electron chi connectivity index (χ2n) is 5.47. The van der Waals surface area contributed by atoms with Crippen molar-refractivity contribution < 1.29 is 18.7 Å². The van der Waals surface area contributed by atoms with Crippen LogP contribution in [0.4, 0.5) is 10.1 Å². The van der Waals surface area contributed by atoms with E-state index in [4.69, 9.17) is 4.74 Å². The highest BCUT2D eigenvalue weighted by Crippen LogP contribution is 2.25. The molecule has 0 fully saturated rings. The Hall–Kier alpha value is -2.74. The van der Waals surface area contributed by atoms with Crippen LogP contribution >= 0.6 is 15.9 Å². The van der Waals surface area contributed by atoms with Crippen molar-refractivity contribution in [1.82, 2.24) is 5.43 Å². The van der Waals surface area contributed by atoms with E-state index in [1.165, 1.54) is 30.5 Å². The summed E-state index contributed by atoms with van der Waals surface area (Å²) in [6, 6.07) is 10.8. The zero-order valence-electron chi connectivity index (χ0n) is 14.7. The van der Waals surface area contributed by atoms with E-state index in [2.05, 4.69) is 31.8 Å². The van der Waals surface area contributed by atoms with Gasteiger partial charge in [0.1, 0.15) is 11.6 Å². The Morgan fingerprint density at radius 3 is 2.52 bits per heavy atom. The average molecular weight is 436 g/mol. The minimum atomic E-state index is -0.384. The largest absolute Gasteiger partial charge is 0.493 e. The number of nitrogens with zero attached hydrogens (tertiary/aromatic N) is 1. The van der Waals surface area contributed by atoms with Gasteiger partial charge in [-0.1, -0.05) is 0 Å². The number of rotatable bonds is 8. The SMILES string of the molecule is CCOc1ccc(C=NNC(=O)CCC(=O)Nc2ccc(F)cc2)cc1Br. The number of anilines is 1. The van der Waals surface area contributed by atoms with Gasteiger partial charge in [0.25, 0.3) is 0 Å². The van der Waals surface area contributed by atoms with Crippen LogP contribution in [0.15, 0.2) is 52.0 Å². The molecule has 2 amide bonds. The predicted octanol–water partition coefficient (Wildman–Crippen LogP) is 3.86. The summed E-state index contributed by atoms with van der Waals surface area (Å²) < 4.78 is 19.0. The van der Waals surface area contributed by atoms with Crippen LogP contribution in [0.3, 0.4) is 0 Å². The number of hydrogen-bond donors (Lipinski definition) is 2. The van der Waals surface area contributed by atoms with Crippen molar-refractivity contribution in [2.45, 2.75) is 19.8 Å². The van der Waals surface area contributed by atoms with Gasteiger partial charge in [0.2, 0.25) is 11.8 Å². The van der Waals surface area contributed by atoms with Gasteiger partial charge in [-0.25, -0.2) is 9.82 Å². The zero-order chi connectivity index (χ0) is 19.6. The molecule has 0 heterocycles. The van der Waals surface area contributed by atoms with Crippen LogP contribution in [-0.4, -0.2) is 24.6 Å². The number of nitrogens with one attached hydrogen (secondary N) is 2. The summed E-state index contributed by atoms with van der Waals surface area (Å²) in [5.74, 6) is -0.377. The van der Waals surface area contributed by atoms with Gasteiger partial charge in [-0.3, -0.25) is 9.59 Å². The average Bonchev–Trinajstić information content (AvgIpc) is 2.64. The van der Waals surface area contributed by atoms with Crippen LogP contribution in [0.5, 0.6) is 5.75 Å². The molecular formula is C19H19BrFN3O3. The van der Waals surface area contributed by atoms with E-state index in [-0.39, 0.29) is 30.5 Å². The summed E-state index contributed by atoms with van der Waals surface area (Å²) in [5, 5.41) is 6.46. The smallest absolute Gasteiger partial charge is 0.240 e. The van der Waals surface area contributed by atoms with Gasteiger partial charge in [0, 0.05) is 18.5 Å². The Morgan fingerprint density at radius 2 is 1.85 bits per heavy atom. The van der Waals surface area contributed by atoms with Crippen molar-refractivity contribution in [2.75, 3.05) is 11.9 Å². The van der Waals surface area contributed by atoms with Crippen LogP contribution in [0.25, 0.3) is 0 Å². The number of carbonyl (C=O) groups excluding carboxylic acids is 2. The fraction of sp³-hybridized carbons (Fsp3) is 0.211. The van der Waals surface area contributed by atoms with Gasteiger partial charge in [0.15, 0.2) is 0 Å². The third kappa shape index (κ3) is 7.18. The van der Waals surface area contributed by atoms with Crippen LogP contribution in [-0.2, 0) is 9.59 Å². The molecule has 0 bridgehead atoms. The molecule has 8 heteroatoms. The second-order valence-corrected chi connectivity index (χ2v) is 6.33. The highest BCUT2D eigenvalue weighted by Gasteiger charge is 2.07. The van der Waals surface area contributed by atoms with E-state index in [1.54, 1.807) is 6.07 Å². The molecule has 0 saturated carbocycles. The lowest BCUT2D eigenvalue weighted by Gasteiger charge is -2.06. The molecule has 6 nitrogen and oxygen atoms in total. The number of amides is 2. The summed E-state index contributed by atoms with van der Waals surface area (Å²) in [6.45, 7) is 2.47. The number of ether oxygens (including phenoxy) is 1. The molecule has 2 aromatic rings. The Balaban J connectivity index is 1.75. The lowest BCUT2D eigenvalue weighted by molar-refractivity contribution is -0.124. The first-order valence-corrected chi connectivity index (χ1v) is 9.07. The summed E-state index contributed by atoms with van der Waals surface area (Å²) in [7, 11) is 0. The molecule has 0 aliphatic carbocycles. The van der Waals surface area contributed by atoms with Crippen LogP contribution in [0.2, 0.25) is 0 Å². The maximum Gasteiger partial charge on any atom is 0.240 e. The van der Waals surface area contributed by atoms with Crippen molar-refractivity contribution in [3.63, 3.8) is 0 Å². The monoisotopic (exact) mass is 435 g/mol. The van der Waals surface area contributed by atoms with E-state index in [9.17, 15) is 14.0 Å². The van der Waals surface area contributed by atoms with Gasteiger partial charge >= 0.3 is 0 Å². The predicted molar refractivity (Wildman–Crippen MR) is 105 cm³/mol. The standard InChI is InChI=1S/C19H19BrFN3O3/c1-2-27-17-8-3-13(11-16(17)20)12-22-24-19(26)10-9-18(25)23-15-6-4-14(21)5-7-15/h3-8,11-12H,2,9-10H2,1H3,(H,23,25)(H,24,26). The Kier molecular flexibility index (Phi) is 7.94. The fourth-order valence-corrected chi connectivity index (χ4v) is 2.60. The first-order chi connectivity index (χ1) is 13.0. The summed E-state index contributed by atoms with van der Waals surface area (Å²) in [5.41, 5.74) is 3.62. The van der Waals surface area contributed by atoms with E-state index < -0.39 is 0 Å². The molecule has 0 aromatic heterocycles. The van der Waals surface area contributed by atoms with Gasteiger partial charge in [-0.2, -0.15) is 5.10 Å². The second kappa shape index (κ2) is 10.4. The molecule has 0 atom stereocenters. The van der Waals surface area contributed by atoms with Crippen LogP contribution in [0.1, 0.15) is 25.3 Å². The maximum atomic E-state index is 12.8. The Labute approximate surface area is 164 Å². The fourth-order valence-electron chi connectivity index (χ4n) is 2.09. The molecule has 0 aliphatic rings. The van der Waals surface area contributed by atoms with Crippen molar-refractivity contribution in [3.8, 4) is 5.75 Å². The first-order valence-electron chi connectivity index (χ1n) is 8.27. The number of carbonyl (C=O) groups is 2. The van der Waals surface area contributed by atoms with Gasteiger partial charge in [0.05, 0.1) is 17.3 Å². The molecule has 27 heavy (non-hydrogen) atoms. The van der Waals surface area contributed by atoms with Gasteiger partial charge in [-0.15, -0.1) is 0 Å². The molecule has 0 spiro atoms. The zero-order valence-corrected chi connectivity index (χ0v) is 16.3. The number of hydrogen-bond acceptors (Lipinski definition) is 4. The van der Waals surface area contributed by atoms with Crippen molar-refractivity contribution >= 4 is 39.6 Å². The van der Waals surface area contributed by atoms with E-state index in [1.807, 2.05) is 19.1 Å². The normalized spacial score (nSPS) is 10.6. The first kappa shape index (κ1) is 20.6. The molecule has 142 valence electrons. The summed E-state index contributed by atoms with van der Waals surface area (Å²) >= 11 is 3.40. The van der Waals surface area contributed by atoms with E-state index in [0.29, 0.717) is 12.3 Å². The van der Waals surface area contributed by atoms with E-state index in [0.717, 1.165) is 15.8 Å².